The summed E-state index contributed by atoms with van der Waals surface area (Å²) in [5, 5.41) is 25.7. The molecule has 0 amide bonds. The molecular formula is C12H18N2O2. The summed E-state index contributed by atoms with van der Waals surface area (Å²) in [5.74, 6) is 0. The number of aliphatic hydroxyl groups is 2. The molecule has 4 N–H and O–H groups in total. The Morgan fingerprint density at radius 3 is 2.44 bits per heavy atom. The first-order valence-corrected chi connectivity index (χ1v) is 5.59. The normalized spacial score (nSPS) is 33.9. The van der Waals surface area contributed by atoms with E-state index in [2.05, 4.69) is 10.6 Å². The molecule has 0 bridgehead atoms. The van der Waals surface area contributed by atoms with Crippen molar-refractivity contribution < 1.29 is 10.2 Å². The van der Waals surface area contributed by atoms with E-state index < -0.39 is 12.2 Å². The fraction of sp³-hybridized carbons (Fsp3) is 0.500. The third-order valence-electron chi connectivity index (χ3n) is 3.05. The SMILES string of the molecule is C[C@@H]1N[C@@H](CNc2ccccc2)[C@H](O)[C@@H]1O. The van der Waals surface area contributed by atoms with Gasteiger partial charge in [0.25, 0.3) is 0 Å². The number of aliphatic hydroxyl groups excluding tert-OH is 2. The molecule has 0 unspecified atom stereocenters. The quantitative estimate of drug-likeness (QED) is 0.589. The summed E-state index contributed by atoms with van der Waals surface area (Å²) in [5.41, 5.74) is 1.02. The van der Waals surface area contributed by atoms with E-state index in [9.17, 15) is 10.2 Å². The van der Waals surface area contributed by atoms with E-state index in [1.54, 1.807) is 0 Å². The van der Waals surface area contributed by atoms with E-state index in [1.165, 1.54) is 0 Å². The van der Waals surface area contributed by atoms with Crippen LogP contribution in [0.5, 0.6) is 0 Å². The van der Waals surface area contributed by atoms with Crippen molar-refractivity contribution in [2.24, 2.45) is 0 Å². The molecule has 16 heavy (non-hydrogen) atoms. The smallest absolute Gasteiger partial charge is 0.0984 e. The third-order valence-corrected chi connectivity index (χ3v) is 3.05. The van der Waals surface area contributed by atoms with Crippen LogP contribution >= 0.6 is 0 Å². The lowest BCUT2D eigenvalue weighted by molar-refractivity contribution is 0.0320. The fourth-order valence-corrected chi connectivity index (χ4v) is 2.03. The second-order valence-electron chi connectivity index (χ2n) is 4.29. The first-order valence-electron chi connectivity index (χ1n) is 5.59. The van der Waals surface area contributed by atoms with Gasteiger partial charge in [0, 0.05) is 18.3 Å². The van der Waals surface area contributed by atoms with E-state index >= 15 is 0 Å². The molecule has 1 aromatic carbocycles. The summed E-state index contributed by atoms with van der Waals surface area (Å²) in [6.07, 6.45) is -1.38. The van der Waals surface area contributed by atoms with Crippen molar-refractivity contribution >= 4 is 5.69 Å². The summed E-state index contributed by atoms with van der Waals surface area (Å²) < 4.78 is 0. The summed E-state index contributed by atoms with van der Waals surface area (Å²) in [7, 11) is 0. The van der Waals surface area contributed by atoms with Gasteiger partial charge in [-0.15, -0.1) is 0 Å². The van der Waals surface area contributed by atoms with Gasteiger partial charge in [-0.05, 0) is 19.1 Å². The van der Waals surface area contributed by atoms with Crippen molar-refractivity contribution in [2.45, 2.75) is 31.2 Å². The molecule has 0 radical (unpaired) electrons. The molecule has 0 aliphatic carbocycles. The maximum absolute atomic E-state index is 9.75. The summed E-state index contributed by atoms with van der Waals surface area (Å²) in [4.78, 5) is 0. The third kappa shape index (κ3) is 2.35. The van der Waals surface area contributed by atoms with Crippen LogP contribution in [0.2, 0.25) is 0 Å². The summed E-state index contributed by atoms with van der Waals surface area (Å²) in [6.45, 7) is 2.48. The van der Waals surface area contributed by atoms with Crippen LogP contribution in [0, 0.1) is 0 Å². The van der Waals surface area contributed by atoms with Crippen LogP contribution in [-0.2, 0) is 0 Å². The highest BCUT2D eigenvalue weighted by molar-refractivity contribution is 5.42. The van der Waals surface area contributed by atoms with Crippen LogP contribution in [0.15, 0.2) is 30.3 Å². The highest BCUT2D eigenvalue weighted by Crippen LogP contribution is 2.15. The van der Waals surface area contributed by atoms with Crippen molar-refractivity contribution in [3.8, 4) is 0 Å². The molecule has 1 fully saturated rings. The molecule has 88 valence electrons. The molecule has 4 atom stereocenters. The zero-order valence-corrected chi connectivity index (χ0v) is 9.30. The maximum atomic E-state index is 9.75. The Morgan fingerprint density at radius 2 is 1.88 bits per heavy atom. The molecule has 1 heterocycles. The van der Waals surface area contributed by atoms with Crippen LogP contribution in [-0.4, -0.2) is 41.0 Å². The monoisotopic (exact) mass is 222 g/mol. The molecule has 2 rings (SSSR count). The van der Waals surface area contributed by atoms with Crippen molar-refractivity contribution in [2.75, 3.05) is 11.9 Å². The van der Waals surface area contributed by atoms with E-state index in [0.717, 1.165) is 5.69 Å². The minimum Gasteiger partial charge on any atom is -0.389 e. The number of benzene rings is 1. The minimum atomic E-state index is -0.703. The lowest BCUT2D eigenvalue weighted by Crippen LogP contribution is -2.39. The first-order chi connectivity index (χ1) is 7.68. The predicted octanol–water partition coefficient (Wildman–Crippen LogP) is 0.181. The Morgan fingerprint density at radius 1 is 1.19 bits per heavy atom. The van der Waals surface area contributed by atoms with Gasteiger partial charge >= 0.3 is 0 Å². The average molecular weight is 222 g/mol. The fourth-order valence-electron chi connectivity index (χ4n) is 2.03. The van der Waals surface area contributed by atoms with Gasteiger partial charge < -0.3 is 20.8 Å². The number of hydrogen-bond acceptors (Lipinski definition) is 4. The van der Waals surface area contributed by atoms with Gasteiger partial charge in [0.05, 0.1) is 18.2 Å². The summed E-state index contributed by atoms with van der Waals surface area (Å²) >= 11 is 0. The van der Waals surface area contributed by atoms with Crippen molar-refractivity contribution in [1.82, 2.24) is 5.32 Å². The van der Waals surface area contributed by atoms with Crippen molar-refractivity contribution in [3.63, 3.8) is 0 Å². The molecule has 1 saturated heterocycles. The van der Waals surface area contributed by atoms with Gasteiger partial charge in [0.1, 0.15) is 0 Å². The Kier molecular flexibility index (Phi) is 3.43. The lowest BCUT2D eigenvalue weighted by Gasteiger charge is -2.17. The zero-order chi connectivity index (χ0) is 11.5. The van der Waals surface area contributed by atoms with Crippen LogP contribution in [0.4, 0.5) is 5.69 Å². The van der Waals surface area contributed by atoms with E-state index in [4.69, 9.17) is 0 Å². The summed E-state index contributed by atoms with van der Waals surface area (Å²) in [6, 6.07) is 9.65. The second-order valence-corrected chi connectivity index (χ2v) is 4.29. The average Bonchev–Trinajstić information content (AvgIpc) is 2.56. The molecule has 0 saturated carbocycles. The first kappa shape index (κ1) is 11.4. The Labute approximate surface area is 95.3 Å². The minimum absolute atomic E-state index is 0.0578. The zero-order valence-electron chi connectivity index (χ0n) is 9.30. The van der Waals surface area contributed by atoms with Crippen LogP contribution < -0.4 is 10.6 Å². The molecule has 1 aliphatic rings. The van der Waals surface area contributed by atoms with Crippen molar-refractivity contribution in [1.29, 1.82) is 0 Å². The van der Waals surface area contributed by atoms with Crippen LogP contribution in [0.3, 0.4) is 0 Å². The van der Waals surface area contributed by atoms with Crippen molar-refractivity contribution in [3.05, 3.63) is 30.3 Å². The van der Waals surface area contributed by atoms with Gasteiger partial charge in [-0.25, -0.2) is 0 Å². The van der Waals surface area contributed by atoms with E-state index in [0.29, 0.717) is 6.54 Å². The number of hydrogen-bond donors (Lipinski definition) is 4. The number of rotatable bonds is 3. The van der Waals surface area contributed by atoms with Crippen LogP contribution in [0.1, 0.15) is 6.92 Å². The molecule has 1 aromatic rings. The molecule has 4 heteroatoms. The molecule has 0 spiro atoms. The molecule has 4 nitrogen and oxygen atoms in total. The van der Waals surface area contributed by atoms with Crippen LogP contribution in [0.25, 0.3) is 0 Å². The van der Waals surface area contributed by atoms with E-state index in [-0.39, 0.29) is 12.1 Å². The number of para-hydroxylation sites is 1. The maximum Gasteiger partial charge on any atom is 0.0984 e. The molecule has 1 aliphatic heterocycles. The van der Waals surface area contributed by atoms with Gasteiger partial charge in [-0.3, -0.25) is 0 Å². The van der Waals surface area contributed by atoms with Gasteiger partial charge in [-0.2, -0.15) is 0 Å². The molecular weight excluding hydrogens is 204 g/mol. The lowest BCUT2D eigenvalue weighted by atomic mass is 10.1. The van der Waals surface area contributed by atoms with Gasteiger partial charge in [-0.1, -0.05) is 18.2 Å². The van der Waals surface area contributed by atoms with E-state index in [1.807, 2.05) is 37.3 Å². The second kappa shape index (κ2) is 4.82. The van der Waals surface area contributed by atoms with Gasteiger partial charge in [0.15, 0.2) is 0 Å². The largest absolute Gasteiger partial charge is 0.389 e. The Hall–Kier alpha value is -1.10. The van der Waals surface area contributed by atoms with Gasteiger partial charge in [0.2, 0.25) is 0 Å². The topological polar surface area (TPSA) is 64.5 Å². The highest BCUT2D eigenvalue weighted by atomic mass is 16.3. The Bertz CT molecular complexity index is 331. The Balaban J connectivity index is 1.87. The number of anilines is 1. The standard InChI is InChI=1S/C12H18N2O2/c1-8-11(15)12(16)10(14-8)7-13-9-5-3-2-4-6-9/h2-6,8,10-16H,7H2,1H3/t8-,10-,11+,12-/m0/s1. The predicted molar refractivity (Wildman–Crippen MR) is 63.3 cm³/mol. The highest BCUT2D eigenvalue weighted by Gasteiger charge is 2.37. The molecule has 0 aromatic heterocycles. The number of nitrogens with one attached hydrogen (secondary N) is 2.